The van der Waals surface area contributed by atoms with Crippen LogP contribution in [-0.2, 0) is 10.9 Å². The van der Waals surface area contributed by atoms with Crippen LogP contribution in [0.1, 0.15) is 39.4 Å². The number of carbonyl (C=O) groups is 1. The summed E-state index contributed by atoms with van der Waals surface area (Å²) in [6.45, 7) is 6.04. The summed E-state index contributed by atoms with van der Waals surface area (Å²) in [5.41, 5.74) is -0.128. The second kappa shape index (κ2) is 10.0. The number of imidazole rings is 1. The fourth-order valence-electron chi connectivity index (χ4n) is 4.35. The van der Waals surface area contributed by atoms with Crippen molar-refractivity contribution in [2.45, 2.75) is 51.4 Å². The first-order valence-electron chi connectivity index (χ1n) is 12.4. The molecule has 1 fully saturated rings. The molecule has 0 aliphatic carbocycles. The molecule has 1 saturated heterocycles. The van der Waals surface area contributed by atoms with E-state index >= 15 is 0 Å². The fourth-order valence-corrected chi connectivity index (χ4v) is 4.35. The Morgan fingerprint density at radius 1 is 1.15 bits per heavy atom. The first-order valence-corrected chi connectivity index (χ1v) is 12.4. The van der Waals surface area contributed by atoms with Gasteiger partial charge in [0.05, 0.1) is 11.9 Å². The van der Waals surface area contributed by atoms with Crippen LogP contribution in [0.2, 0.25) is 0 Å². The Bertz CT molecular complexity index is 1560. The lowest BCUT2D eigenvalue weighted by Gasteiger charge is -2.34. The predicted octanol–water partition coefficient (Wildman–Crippen LogP) is 5.29. The van der Waals surface area contributed by atoms with Gasteiger partial charge in [0.25, 0.3) is 0 Å². The molecule has 2 N–H and O–H groups in total. The standard InChI is InChI=1S/C25H25F5N8O2/c1-24(2,3)40-23(39)37-7-4-5-14(12-37)32-21-16(27)10-15(26)19(33-21)17-11-31-18-9-13(6-8-38(17)18)20-34-22(36-35-20)25(28,29)30/h6,8-11,14H,4-5,7,12H2,1-3H3,(H,32,33)(H,34,35,36)/t14-/m1/s1. The number of hydrogen-bond acceptors (Lipinski definition) is 7. The number of amides is 1. The maximum absolute atomic E-state index is 14.9. The SMILES string of the molecule is CC(C)(C)OC(=O)N1CCC[C@@H](Nc2nc(-c3cnc4cc(-c5nnc(C(F)(F)F)[nH]5)ccn34)c(F)cc2F)C1. The van der Waals surface area contributed by atoms with Crippen LogP contribution in [0.15, 0.2) is 30.6 Å². The lowest BCUT2D eigenvalue weighted by molar-refractivity contribution is -0.144. The fraction of sp³-hybridized carbons (Fsp3) is 0.400. The van der Waals surface area contributed by atoms with Crippen LogP contribution in [0.3, 0.4) is 0 Å². The molecule has 10 nitrogen and oxygen atoms in total. The first kappa shape index (κ1) is 27.3. The molecule has 212 valence electrons. The zero-order valence-electron chi connectivity index (χ0n) is 21.7. The summed E-state index contributed by atoms with van der Waals surface area (Å²) in [5.74, 6) is -3.39. The van der Waals surface area contributed by atoms with Gasteiger partial charge in [-0.2, -0.15) is 13.2 Å². The first-order chi connectivity index (χ1) is 18.8. The second-order valence-corrected chi connectivity index (χ2v) is 10.4. The van der Waals surface area contributed by atoms with Gasteiger partial charge in [-0.3, -0.25) is 4.40 Å². The summed E-state index contributed by atoms with van der Waals surface area (Å²) in [6.07, 6.45) is -1.10. The Kier molecular flexibility index (Phi) is 6.84. The zero-order chi connectivity index (χ0) is 28.8. The Labute approximate surface area is 224 Å². The molecule has 40 heavy (non-hydrogen) atoms. The number of fused-ring (bicyclic) bond motifs is 1. The topological polar surface area (TPSA) is 113 Å². The van der Waals surface area contributed by atoms with Crippen LogP contribution in [0, 0.1) is 11.6 Å². The van der Waals surface area contributed by atoms with Gasteiger partial charge in [-0.05, 0) is 45.7 Å². The molecule has 15 heteroatoms. The van der Waals surface area contributed by atoms with Crippen LogP contribution in [0.4, 0.5) is 32.6 Å². The molecule has 1 atom stereocenters. The highest BCUT2D eigenvalue weighted by Crippen LogP contribution is 2.30. The van der Waals surface area contributed by atoms with E-state index in [1.54, 1.807) is 20.8 Å². The summed E-state index contributed by atoms with van der Waals surface area (Å²) in [4.78, 5) is 24.5. The lowest BCUT2D eigenvalue weighted by atomic mass is 10.1. The average molecular weight is 565 g/mol. The minimum Gasteiger partial charge on any atom is -0.444 e. The maximum Gasteiger partial charge on any atom is 0.451 e. The van der Waals surface area contributed by atoms with Crippen molar-refractivity contribution in [1.29, 1.82) is 0 Å². The number of nitrogens with one attached hydrogen (secondary N) is 2. The van der Waals surface area contributed by atoms with Gasteiger partial charge in [0.15, 0.2) is 23.3 Å². The molecule has 1 aliphatic rings. The van der Waals surface area contributed by atoms with E-state index in [2.05, 4.69) is 30.5 Å². The van der Waals surface area contributed by atoms with E-state index in [1.165, 1.54) is 33.8 Å². The van der Waals surface area contributed by atoms with Crippen LogP contribution >= 0.6 is 0 Å². The van der Waals surface area contributed by atoms with E-state index in [-0.39, 0.29) is 46.8 Å². The minimum atomic E-state index is -4.68. The zero-order valence-corrected chi connectivity index (χ0v) is 21.7. The van der Waals surface area contributed by atoms with Crippen molar-refractivity contribution in [1.82, 2.24) is 34.4 Å². The van der Waals surface area contributed by atoms with E-state index in [4.69, 9.17) is 4.74 Å². The lowest BCUT2D eigenvalue weighted by Crippen LogP contribution is -2.47. The number of H-pyrrole nitrogens is 1. The molecule has 1 aliphatic heterocycles. The maximum atomic E-state index is 14.9. The number of pyridine rings is 2. The molecule has 0 radical (unpaired) electrons. The molecule has 5 rings (SSSR count). The van der Waals surface area contributed by atoms with Gasteiger partial charge in [0.2, 0.25) is 5.82 Å². The number of aromatic amines is 1. The number of aromatic nitrogens is 6. The molecule has 0 aromatic carbocycles. The molecule has 5 heterocycles. The van der Waals surface area contributed by atoms with Crippen molar-refractivity contribution in [3.8, 4) is 22.8 Å². The minimum absolute atomic E-state index is 0.121. The second-order valence-electron chi connectivity index (χ2n) is 10.4. The number of ether oxygens (including phenoxy) is 1. The number of rotatable bonds is 4. The highest BCUT2D eigenvalue weighted by Gasteiger charge is 2.35. The molecular formula is C25H25F5N8O2. The molecule has 0 unspecified atom stereocenters. The van der Waals surface area contributed by atoms with Gasteiger partial charge in [-0.15, -0.1) is 10.2 Å². The number of anilines is 1. The Hall–Kier alpha value is -4.30. The number of hydrogen-bond donors (Lipinski definition) is 2. The van der Waals surface area contributed by atoms with Crippen molar-refractivity contribution < 1.29 is 31.5 Å². The average Bonchev–Trinajstić information content (AvgIpc) is 3.52. The van der Waals surface area contributed by atoms with E-state index in [1.807, 2.05) is 0 Å². The van der Waals surface area contributed by atoms with E-state index in [9.17, 15) is 26.7 Å². The number of halogens is 5. The van der Waals surface area contributed by atoms with Gasteiger partial charge in [0, 0.05) is 37.0 Å². The van der Waals surface area contributed by atoms with Crippen LogP contribution in [0.5, 0.6) is 0 Å². The number of carbonyl (C=O) groups excluding carboxylic acids is 1. The quantitative estimate of drug-likeness (QED) is 0.324. The smallest absolute Gasteiger partial charge is 0.444 e. The highest BCUT2D eigenvalue weighted by atomic mass is 19.4. The molecule has 0 saturated carbocycles. The van der Waals surface area contributed by atoms with Crippen molar-refractivity contribution in [3.63, 3.8) is 0 Å². The van der Waals surface area contributed by atoms with Crippen molar-refractivity contribution in [2.24, 2.45) is 0 Å². The van der Waals surface area contributed by atoms with E-state index < -0.39 is 35.3 Å². The molecule has 4 aromatic heterocycles. The summed E-state index contributed by atoms with van der Waals surface area (Å²) in [7, 11) is 0. The normalized spacial score (nSPS) is 16.4. The van der Waals surface area contributed by atoms with Gasteiger partial charge < -0.3 is 19.9 Å². The van der Waals surface area contributed by atoms with Crippen molar-refractivity contribution >= 4 is 17.6 Å². The van der Waals surface area contributed by atoms with Gasteiger partial charge >= 0.3 is 12.3 Å². The third-order valence-corrected chi connectivity index (χ3v) is 6.13. The predicted molar refractivity (Wildman–Crippen MR) is 133 cm³/mol. The summed E-state index contributed by atoms with van der Waals surface area (Å²) >= 11 is 0. The molecule has 4 aromatic rings. The third-order valence-electron chi connectivity index (χ3n) is 6.13. The highest BCUT2D eigenvalue weighted by molar-refractivity contribution is 5.69. The number of alkyl halides is 3. The summed E-state index contributed by atoms with van der Waals surface area (Å²) < 4.78 is 75.2. The Balaban J connectivity index is 1.39. The van der Waals surface area contributed by atoms with Gasteiger partial charge in [0.1, 0.15) is 16.9 Å². The van der Waals surface area contributed by atoms with Gasteiger partial charge in [-0.1, -0.05) is 0 Å². The summed E-state index contributed by atoms with van der Waals surface area (Å²) in [6, 6.07) is 3.25. The Morgan fingerprint density at radius 2 is 1.93 bits per heavy atom. The molecule has 1 amide bonds. The van der Waals surface area contributed by atoms with Crippen LogP contribution < -0.4 is 5.32 Å². The number of likely N-dealkylation sites (tertiary alicyclic amines) is 1. The summed E-state index contributed by atoms with van der Waals surface area (Å²) in [5, 5.41) is 9.62. The molecular weight excluding hydrogens is 539 g/mol. The van der Waals surface area contributed by atoms with E-state index in [0.717, 1.165) is 0 Å². The van der Waals surface area contributed by atoms with E-state index in [0.29, 0.717) is 25.5 Å². The van der Waals surface area contributed by atoms with Crippen molar-refractivity contribution in [3.05, 3.63) is 48.1 Å². The van der Waals surface area contributed by atoms with Crippen LogP contribution in [0.25, 0.3) is 28.4 Å². The van der Waals surface area contributed by atoms with Crippen LogP contribution in [-0.4, -0.2) is 65.3 Å². The number of piperidine rings is 1. The largest absolute Gasteiger partial charge is 0.451 e. The monoisotopic (exact) mass is 564 g/mol. The number of nitrogens with zero attached hydrogens (tertiary/aromatic N) is 6. The third kappa shape index (κ3) is 5.67. The molecule has 0 bridgehead atoms. The molecule has 0 spiro atoms. The van der Waals surface area contributed by atoms with Gasteiger partial charge in [-0.25, -0.2) is 23.5 Å². The van der Waals surface area contributed by atoms with Crippen molar-refractivity contribution in [2.75, 3.05) is 18.4 Å². The Morgan fingerprint density at radius 3 is 2.62 bits per heavy atom.